The average molecular weight is 243 g/mol. The molecule has 0 aromatic heterocycles. The summed E-state index contributed by atoms with van der Waals surface area (Å²) >= 11 is 0. The zero-order valence-electron chi connectivity index (χ0n) is 10.4. The van der Waals surface area contributed by atoms with Crippen molar-refractivity contribution >= 4 is 12.0 Å². The van der Waals surface area contributed by atoms with Gasteiger partial charge in [-0.15, -0.1) is 0 Å². The van der Waals surface area contributed by atoms with Crippen molar-refractivity contribution < 1.29 is 14.7 Å². The van der Waals surface area contributed by atoms with Gasteiger partial charge in [0.25, 0.3) is 0 Å². The molecule has 1 aliphatic rings. The summed E-state index contributed by atoms with van der Waals surface area (Å²) in [5.74, 6) is 0.168. The van der Waals surface area contributed by atoms with Gasteiger partial charge in [0.1, 0.15) is 6.04 Å². The summed E-state index contributed by atoms with van der Waals surface area (Å²) in [4.78, 5) is 24.5. The van der Waals surface area contributed by atoms with E-state index in [1.807, 2.05) is 13.8 Å². The Hall–Kier alpha value is -1.30. The summed E-state index contributed by atoms with van der Waals surface area (Å²) in [5.41, 5.74) is 0. The summed E-state index contributed by atoms with van der Waals surface area (Å²) in [7, 11) is 0. The molecule has 17 heavy (non-hydrogen) atoms. The molecule has 0 aliphatic carbocycles. The van der Waals surface area contributed by atoms with Crippen molar-refractivity contribution in [1.29, 1.82) is 0 Å². The molecule has 0 spiro atoms. The van der Waals surface area contributed by atoms with E-state index in [-0.39, 0.29) is 11.8 Å². The SMILES string of the molecule is CC(C)CC(NC(=O)O)C(=O)N1CCNCC1. The van der Waals surface area contributed by atoms with E-state index < -0.39 is 12.1 Å². The van der Waals surface area contributed by atoms with Gasteiger partial charge in [-0.3, -0.25) is 4.79 Å². The summed E-state index contributed by atoms with van der Waals surface area (Å²) < 4.78 is 0. The molecular weight excluding hydrogens is 222 g/mol. The molecule has 1 atom stereocenters. The molecule has 6 heteroatoms. The molecule has 6 nitrogen and oxygen atoms in total. The minimum absolute atomic E-state index is 0.109. The highest BCUT2D eigenvalue weighted by Crippen LogP contribution is 2.08. The van der Waals surface area contributed by atoms with Crippen molar-refractivity contribution in [2.24, 2.45) is 5.92 Å². The molecule has 1 unspecified atom stereocenters. The normalized spacial score (nSPS) is 17.9. The van der Waals surface area contributed by atoms with Crippen LogP contribution in [0.3, 0.4) is 0 Å². The maximum atomic E-state index is 12.1. The molecule has 1 heterocycles. The Kier molecular flexibility index (Phi) is 5.21. The maximum Gasteiger partial charge on any atom is 0.405 e. The molecule has 1 fully saturated rings. The third-order valence-corrected chi connectivity index (χ3v) is 2.73. The zero-order valence-corrected chi connectivity index (χ0v) is 10.4. The van der Waals surface area contributed by atoms with Crippen LogP contribution in [-0.2, 0) is 4.79 Å². The molecule has 0 aromatic carbocycles. The van der Waals surface area contributed by atoms with Crippen molar-refractivity contribution in [3.05, 3.63) is 0 Å². The minimum Gasteiger partial charge on any atom is -0.465 e. The smallest absolute Gasteiger partial charge is 0.405 e. The molecule has 1 aliphatic heterocycles. The Labute approximate surface area is 101 Å². The van der Waals surface area contributed by atoms with E-state index >= 15 is 0 Å². The number of nitrogens with zero attached hydrogens (tertiary/aromatic N) is 1. The number of hydrogen-bond donors (Lipinski definition) is 3. The second-order valence-corrected chi connectivity index (χ2v) is 4.71. The molecule has 2 amide bonds. The van der Waals surface area contributed by atoms with Gasteiger partial charge in [0.15, 0.2) is 0 Å². The zero-order chi connectivity index (χ0) is 12.8. The molecule has 1 rings (SSSR count). The lowest BCUT2D eigenvalue weighted by molar-refractivity contribution is -0.134. The quantitative estimate of drug-likeness (QED) is 0.654. The van der Waals surface area contributed by atoms with Gasteiger partial charge in [0.2, 0.25) is 5.91 Å². The molecular formula is C11H21N3O3. The van der Waals surface area contributed by atoms with Gasteiger partial charge < -0.3 is 20.6 Å². The van der Waals surface area contributed by atoms with Gasteiger partial charge in [-0.1, -0.05) is 13.8 Å². The van der Waals surface area contributed by atoms with Crippen LogP contribution < -0.4 is 10.6 Å². The Bertz CT molecular complexity index is 275. The number of amides is 2. The van der Waals surface area contributed by atoms with Gasteiger partial charge in [-0.25, -0.2) is 4.79 Å². The summed E-state index contributed by atoms with van der Waals surface area (Å²) in [5, 5.41) is 14.2. The Morgan fingerprint density at radius 2 is 1.94 bits per heavy atom. The van der Waals surface area contributed by atoms with Crippen LogP contribution in [0.1, 0.15) is 20.3 Å². The summed E-state index contributed by atoms with van der Waals surface area (Å²) in [6.07, 6.45) is -0.603. The minimum atomic E-state index is -1.14. The van der Waals surface area contributed by atoms with Crippen molar-refractivity contribution in [2.45, 2.75) is 26.3 Å². The predicted molar refractivity (Wildman–Crippen MR) is 63.9 cm³/mol. The topological polar surface area (TPSA) is 81.7 Å². The lowest BCUT2D eigenvalue weighted by Crippen LogP contribution is -2.54. The van der Waals surface area contributed by atoms with Crippen molar-refractivity contribution in [3.8, 4) is 0 Å². The van der Waals surface area contributed by atoms with E-state index in [0.717, 1.165) is 13.1 Å². The van der Waals surface area contributed by atoms with Crippen LogP contribution in [0.15, 0.2) is 0 Å². The van der Waals surface area contributed by atoms with Gasteiger partial charge in [-0.05, 0) is 12.3 Å². The van der Waals surface area contributed by atoms with E-state index in [2.05, 4.69) is 10.6 Å². The number of hydrogen-bond acceptors (Lipinski definition) is 3. The van der Waals surface area contributed by atoms with E-state index in [0.29, 0.717) is 19.5 Å². The molecule has 3 N–H and O–H groups in total. The number of nitrogens with one attached hydrogen (secondary N) is 2. The molecule has 0 aromatic rings. The fraction of sp³-hybridized carbons (Fsp3) is 0.818. The van der Waals surface area contributed by atoms with Crippen molar-refractivity contribution in [2.75, 3.05) is 26.2 Å². The van der Waals surface area contributed by atoms with E-state index in [1.54, 1.807) is 4.90 Å². The number of piperazine rings is 1. The summed E-state index contributed by atoms with van der Waals surface area (Å²) in [6.45, 7) is 6.78. The third kappa shape index (κ3) is 4.60. The first-order chi connectivity index (χ1) is 8.00. The van der Waals surface area contributed by atoms with E-state index in [4.69, 9.17) is 5.11 Å². The molecule has 98 valence electrons. The van der Waals surface area contributed by atoms with E-state index in [9.17, 15) is 9.59 Å². The standard InChI is InChI=1S/C11H21N3O3/c1-8(2)7-9(13-11(16)17)10(15)14-5-3-12-4-6-14/h8-9,12-13H,3-7H2,1-2H3,(H,16,17). The van der Waals surface area contributed by atoms with Crippen LogP contribution in [0.5, 0.6) is 0 Å². The number of rotatable bonds is 4. The van der Waals surface area contributed by atoms with Gasteiger partial charge >= 0.3 is 6.09 Å². The molecule has 0 radical (unpaired) electrons. The Balaban J connectivity index is 2.60. The lowest BCUT2D eigenvalue weighted by Gasteiger charge is -2.31. The van der Waals surface area contributed by atoms with Gasteiger partial charge in [-0.2, -0.15) is 0 Å². The van der Waals surface area contributed by atoms with Crippen LogP contribution >= 0.6 is 0 Å². The van der Waals surface area contributed by atoms with Crippen LogP contribution in [0, 0.1) is 5.92 Å². The van der Waals surface area contributed by atoms with Crippen LogP contribution in [-0.4, -0.2) is 54.2 Å². The van der Waals surface area contributed by atoms with Gasteiger partial charge in [0, 0.05) is 26.2 Å². The fourth-order valence-corrected chi connectivity index (χ4v) is 1.95. The van der Waals surface area contributed by atoms with Crippen LogP contribution in [0.4, 0.5) is 4.79 Å². The largest absolute Gasteiger partial charge is 0.465 e. The highest BCUT2D eigenvalue weighted by Gasteiger charge is 2.27. The molecule has 0 bridgehead atoms. The lowest BCUT2D eigenvalue weighted by atomic mass is 10.0. The third-order valence-electron chi connectivity index (χ3n) is 2.73. The van der Waals surface area contributed by atoms with Crippen molar-refractivity contribution in [3.63, 3.8) is 0 Å². The number of carbonyl (C=O) groups excluding carboxylic acids is 1. The van der Waals surface area contributed by atoms with E-state index in [1.165, 1.54) is 0 Å². The Morgan fingerprint density at radius 3 is 2.41 bits per heavy atom. The fourth-order valence-electron chi connectivity index (χ4n) is 1.95. The highest BCUT2D eigenvalue weighted by atomic mass is 16.4. The van der Waals surface area contributed by atoms with Crippen LogP contribution in [0.25, 0.3) is 0 Å². The predicted octanol–water partition coefficient (Wildman–Crippen LogP) is 0.101. The average Bonchev–Trinajstić information content (AvgIpc) is 2.27. The molecule has 0 saturated carbocycles. The number of carbonyl (C=O) groups is 2. The monoisotopic (exact) mass is 243 g/mol. The van der Waals surface area contributed by atoms with Gasteiger partial charge in [0.05, 0.1) is 0 Å². The number of carboxylic acid groups (broad SMARTS) is 1. The highest BCUT2D eigenvalue weighted by molar-refractivity contribution is 5.85. The van der Waals surface area contributed by atoms with Crippen molar-refractivity contribution in [1.82, 2.24) is 15.5 Å². The molecule has 1 saturated heterocycles. The van der Waals surface area contributed by atoms with Crippen LogP contribution in [0.2, 0.25) is 0 Å². The second kappa shape index (κ2) is 6.44. The first-order valence-electron chi connectivity index (χ1n) is 5.99. The maximum absolute atomic E-state index is 12.1. The summed E-state index contributed by atoms with van der Waals surface area (Å²) in [6, 6.07) is -0.620. The first-order valence-corrected chi connectivity index (χ1v) is 5.99. The Morgan fingerprint density at radius 1 is 1.35 bits per heavy atom. The first kappa shape index (κ1) is 13.8. The second-order valence-electron chi connectivity index (χ2n) is 4.71.